The van der Waals surface area contributed by atoms with Crippen molar-refractivity contribution in [1.29, 1.82) is 0 Å². The predicted molar refractivity (Wildman–Crippen MR) is 162 cm³/mol. The number of carbonyl (C=O) groups is 1. The van der Waals surface area contributed by atoms with Crippen LogP contribution < -0.4 is 16.4 Å². The highest BCUT2D eigenvalue weighted by atomic mass is 19.1. The molecule has 2 amide bonds. The van der Waals surface area contributed by atoms with Crippen molar-refractivity contribution >= 4 is 34.3 Å². The number of nitrogens with zero attached hydrogens (tertiary/aromatic N) is 5. The van der Waals surface area contributed by atoms with Crippen molar-refractivity contribution in [3.63, 3.8) is 0 Å². The summed E-state index contributed by atoms with van der Waals surface area (Å²) in [7, 11) is 2.19. The van der Waals surface area contributed by atoms with Gasteiger partial charge in [0.1, 0.15) is 23.6 Å². The summed E-state index contributed by atoms with van der Waals surface area (Å²) in [6.45, 7) is 6.47. The van der Waals surface area contributed by atoms with Crippen LogP contribution in [0.3, 0.4) is 0 Å². The zero-order valence-corrected chi connectivity index (χ0v) is 23.6. The number of hydrogen-bond acceptors (Lipinski definition) is 6. The fourth-order valence-electron chi connectivity index (χ4n) is 6.29. The summed E-state index contributed by atoms with van der Waals surface area (Å²) >= 11 is 0. The maximum atomic E-state index is 15.3. The molecule has 0 radical (unpaired) electrons. The van der Waals surface area contributed by atoms with Gasteiger partial charge in [-0.15, -0.1) is 0 Å². The van der Waals surface area contributed by atoms with Crippen LogP contribution in [0.1, 0.15) is 37.3 Å². The maximum absolute atomic E-state index is 15.3. The number of rotatable bonds is 5. The van der Waals surface area contributed by atoms with E-state index in [2.05, 4.69) is 42.0 Å². The van der Waals surface area contributed by atoms with Gasteiger partial charge in [0, 0.05) is 55.7 Å². The summed E-state index contributed by atoms with van der Waals surface area (Å²) in [6.07, 6.45) is 7.93. The van der Waals surface area contributed by atoms with E-state index in [9.17, 15) is 4.79 Å². The first kappa shape index (κ1) is 27.2. The average molecular weight is 557 g/mol. The van der Waals surface area contributed by atoms with E-state index >= 15 is 4.39 Å². The Hall–Kier alpha value is -4.02. The van der Waals surface area contributed by atoms with Crippen LogP contribution in [0.5, 0.6) is 0 Å². The van der Waals surface area contributed by atoms with Crippen LogP contribution >= 0.6 is 0 Å². The molecule has 2 aromatic carbocycles. The lowest BCUT2D eigenvalue weighted by Crippen LogP contribution is -2.49. The molecular formula is C31H37FN8O. The number of benzene rings is 2. The summed E-state index contributed by atoms with van der Waals surface area (Å²) in [6, 6.07) is 12.6. The number of piperazine rings is 1. The lowest BCUT2D eigenvalue weighted by molar-refractivity contribution is 0.0828. The molecular weight excluding hydrogens is 519 g/mol. The van der Waals surface area contributed by atoms with Gasteiger partial charge in [-0.25, -0.2) is 19.2 Å². The van der Waals surface area contributed by atoms with Gasteiger partial charge in [0.15, 0.2) is 0 Å². The number of aromatic nitrogens is 3. The molecule has 1 saturated carbocycles. The number of halogens is 1. The molecule has 0 atom stereocenters. The van der Waals surface area contributed by atoms with Gasteiger partial charge in [0.25, 0.3) is 0 Å². The molecule has 9 nitrogen and oxygen atoms in total. The normalized spacial score (nSPS) is 20.3. The first-order valence-electron chi connectivity index (χ1n) is 14.3. The topological polar surface area (TPSA) is 104 Å². The third-order valence-electron chi connectivity index (χ3n) is 8.56. The number of anilines is 3. The molecule has 2 fully saturated rings. The largest absolute Gasteiger partial charge is 0.383 e. The number of nitrogens with one attached hydrogen (secondary N) is 2. The van der Waals surface area contributed by atoms with Gasteiger partial charge < -0.3 is 25.8 Å². The summed E-state index contributed by atoms with van der Waals surface area (Å²) in [5, 5.41) is 6.08. The molecule has 214 valence electrons. The van der Waals surface area contributed by atoms with Gasteiger partial charge in [-0.2, -0.15) is 0 Å². The standard InChI is InChI=1S/C31H37FN8O/c1-20-4-3-5-22(16-20)36-31(41)37-27-11-6-21(17-26(27)32)25-18-40(30-28(25)29(33)34-19-35-30)24-9-7-23(8-10-24)39-14-12-38(2)13-15-39/h3-6,11,16-19,23-24H,7-10,12-15H2,1-2H3,(H2,33,34,35)(H2,36,37,41). The number of fused-ring (bicyclic) bond motifs is 1. The van der Waals surface area contributed by atoms with Crippen molar-refractivity contribution in [2.75, 3.05) is 49.6 Å². The van der Waals surface area contributed by atoms with Gasteiger partial charge in [0.05, 0.1) is 11.1 Å². The van der Waals surface area contributed by atoms with Crippen LogP contribution in [-0.4, -0.2) is 69.6 Å². The monoisotopic (exact) mass is 556 g/mol. The third kappa shape index (κ3) is 5.75. The highest BCUT2D eigenvalue weighted by molar-refractivity contribution is 6.02. The number of likely N-dealkylation sites (N-methyl/N-ethyl adjacent to an activating group) is 1. The molecule has 3 heterocycles. The predicted octanol–water partition coefficient (Wildman–Crippen LogP) is 5.50. The van der Waals surface area contributed by atoms with Gasteiger partial charge in [-0.1, -0.05) is 18.2 Å². The van der Waals surface area contributed by atoms with Crippen molar-refractivity contribution in [3.05, 3.63) is 66.4 Å². The van der Waals surface area contributed by atoms with E-state index in [0.717, 1.165) is 74.0 Å². The second-order valence-electron chi connectivity index (χ2n) is 11.4. The fraction of sp³-hybridized carbons (Fsp3) is 0.387. The molecule has 2 aliphatic rings. The van der Waals surface area contributed by atoms with Crippen LogP contribution in [0.25, 0.3) is 22.2 Å². The number of amides is 2. The molecule has 0 bridgehead atoms. The molecule has 4 aromatic rings. The van der Waals surface area contributed by atoms with Gasteiger partial charge in [-0.3, -0.25) is 4.90 Å². The van der Waals surface area contributed by atoms with Crippen LogP contribution in [0.15, 0.2) is 55.0 Å². The van der Waals surface area contributed by atoms with E-state index in [-0.39, 0.29) is 5.69 Å². The SMILES string of the molecule is Cc1cccc(NC(=O)Nc2ccc(-c3cn(C4CCC(N5CCN(C)CC5)CC4)c4ncnc(N)c34)cc2F)c1. The highest BCUT2D eigenvalue weighted by Gasteiger charge is 2.30. The number of carbonyl (C=O) groups excluding carboxylic acids is 1. The molecule has 10 heteroatoms. The lowest BCUT2D eigenvalue weighted by atomic mass is 9.89. The number of hydrogen-bond donors (Lipinski definition) is 3. The lowest BCUT2D eigenvalue weighted by Gasteiger charge is -2.41. The minimum Gasteiger partial charge on any atom is -0.383 e. The van der Waals surface area contributed by atoms with Gasteiger partial charge in [0.2, 0.25) is 0 Å². The first-order valence-corrected chi connectivity index (χ1v) is 14.3. The number of urea groups is 1. The van der Waals surface area contributed by atoms with E-state index in [0.29, 0.717) is 29.2 Å². The highest BCUT2D eigenvalue weighted by Crippen LogP contribution is 2.39. The van der Waals surface area contributed by atoms with E-state index in [1.807, 2.05) is 31.3 Å². The second kappa shape index (κ2) is 11.5. The van der Waals surface area contributed by atoms with Crippen molar-refractivity contribution in [2.45, 2.75) is 44.7 Å². The Kier molecular flexibility index (Phi) is 7.59. The Balaban J connectivity index is 1.21. The van der Waals surface area contributed by atoms with E-state index in [1.54, 1.807) is 18.2 Å². The van der Waals surface area contributed by atoms with Crippen molar-refractivity contribution in [2.24, 2.45) is 0 Å². The minimum atomic E-state index is -0.536. The van der Waals surface area contributed by atoms with Crippen molar-refractivity contribution in [1.82, 2.24) is 24.3 Å². The molecule has 0 unspecified atom stereocenters. The summed E-state index contributed by atoms with van der Waals surface area (Å²) in [4.78, 5) is 26.4. The molecule has 0 spiro atoms. The van der Waals surface area contributed by atoms with Crippen LogP contribution in [0.4, 0.5) is 26.4 Å². The van der Waals surface area contributed by atoms with Gasteiger partial charge in [-0.05, 0) is 75.0 Å². The van der Waals surface area contributed by atoms with E-state index in [1.165, 1.54) is 12.4 Å². The average Bonchev–Trinajstić information content (AvgIpc) is 3.36. The molecule has 6 rings (SSSR count). The number of nitrogen functional groups attached to an aromatic ring is 1. The fourth-order valence-corrected chi connectivity index (χ4v) is 6.29. The Morgan fingerprint density at radius 3 is 2.46 bits per heavy atom. The van der Waals surface area contributed by atoms with Crippen molar-refractivity contribution in [3.8, 4) is 11.1 Å². The number of nitrogens with two attached hydrogens (primary N) is 1. The second-order valence-corrected chi connectivity index (χ2v) is 11.4. The molecule has 1 aliphatic heterocycles. The molecule has 2 aromatic heterocycles. The Bertz CT molecular complexity index is 1550. The maximum Gasteiger partial charge on any atom is 0.323 e. The van der Waals surface area contributed by atoms with E-state index < -0.39 is 11.8 Å². The molecule has 1 saturated heterocycles. The van der Waals surface area contributed by atoms with Crippen LogP contribution in [0, 0.1) is 12.7 Å². The van der Waals surface area contributed by atoms with Gasteiger partial charge >= 0.3 is 6.03 Å². The Labute approximate surface area is 239 Å². The smallest absolute Gasteiger partial charge is 0.323 e. The van der Waals surface area contributed by atoms with Crippen LogP contribution in [0.2, 0.25) is 0 Å². The first-order chi connectivity index (χ1) is 19.9. The summed E-state index contributed by atoms with van der Waals surface area (Å²) < 4.78 is 17.5. The molecule has 1 aliphatic carbocycles. The summed E-state index contributed by atoms with van der Waals surface area (Å²) in [5.74, 6) is -0.166. The third-order valence-corrected chi connectivity index (χ3v) is 8.56. The molecule has 4 N–H and O–H groups in total. The summed E-state index contributed by atoms with van der Waals surface area (Å²) in [5.41, 5.74) is 10.3. The minimum absolute atomic E-state index is 0.0918. The molecule has 41 heavy (non-hydrogen) atoms. The van der Waals surface area contributed by atoms with Crippen molar-refractivity contribution < 1.29 is 9.18 Å². The Morgan fingerprint density at radius 2 is 1.73 bits per heavy atom. The number of aryl methyl sites for hydroxylation is 1. The Morgan fingerprint density at radius 1 is 0.976 bits per heavy atom. The van der Waals surface area contributed by atoms with E-state index in [4.69, 9.17) is 5.73 Å². The quantitative estimate of drug-likeness (QED) is 0.300. The van der Waals surface area contributed by atoms with Crippen LogP contribution in [-0.2, 0) is 0 Å². The zero-order chi connectivity index (χ0) is 28.5. The zero-order valence-electron chi connectivity index (χ0n) is 23.6.